The van der Waals surface area contributed by atoms with E-state index in [1.54, 1.807) is 17.8 Å². The first-order valence-corrected chi connectivity index (χ1v) is 5.32. The van der Waals surface area contributed by atoms with Gasteiger partial charge in [0.2, 0.25) is 0 Å². The van der Waals surface area contributed by atoms with Gasteiger partial charge in [0, 0.05) is 4.90 Å². The Morgan fingerprint density at radius 1 is 0.933 bits per heavy atom. The van der Waals surface area contributed by atoms with E-state index in [4.69, 9.17) is 11.5 Å². The highest BCUT2D eigenvalue weighted by Crippen LogP contribution is 2.27. The van der Waals surface area contributed by atoms with Crippen LogP contribution in [0.1, 0.15) is 0 Å². The van der Waals surface area contributed by atoms with Gasteiger partial charge in [-0.05, 0) is 24.3 Å². The second-order valence-corrected chi connectivity index (χ2v) is 4.13. The fourth-order valence-corrected chi connectivity index (χ4v) is 1.95. The average molecular weight is 217 g/mol. The molecule has 0 aliphatic heterocycles. The number of hydrogen-bond acceptors (Lipinski definition) is 4. The van der Waals surface area contributed by atoms with Crippen LogP contribution in [0.3, 0.4) is 0 Å². The highest BCUT2D eigenvalue weighted by molar-refractivity contribution is 7.99. The van der Waals surface area contributed by atoms with Gasteiger partial charge in [-0.1, -0.05) is 30.0 Å². The molecular formula is C11H11N3S. The van der Waals surface area contributed by atoms with Gasteiger partial charge in [0.1, 0.15) is 10.8 Å². The van der Waals surface area contributed by atoms with Crippen molar-refractivity contribution in [3.63, 3.8) is 0 Å². The van der Waals surface area contributed by atoms with Gasteiger partial charge in [0.25, 0.3) is 0 Å². The van der Waals surface area contributed by atoms with Crippen molar-refractivity contribution in [2.45, 2.75) is 9.92 Å². The Balaban J connectivity index is 2.22. The first kappa shape index (κ1) is 9.86. The summed E-state index contributed by atoms with van der Waals surface area (Å²) >= 11 is 1.56. The van der Waals surface area contributed by atoms with Crippen LogP contribution in [-0.2, 0) is 0 Å². The van der Waals surface area contributed by atoms with Gasteiger partial charge in [-0.3, -0.25) is 0 Å². The molecule has 0 aliphatic rings. The van der Waals surface area contributed by atoms with Crippen LogP contribution in [0, 0.1) is 0 Å². The van der Waals surface area contributed by atoms with Gasteiger partial charge < -0.3 is 11.5 Å². The Bertz CT molecular complexity index is 457. The van der Waals surface area contributed by atoms with Crippen LogP contribution >= 0.6 is 11.8 Å². The summed E-state index contributed by atoms with van der Waals surface area (Å²) in [6.07, 6.45) is 0. The lowest BCUT2D eigenvalue weighted by Gasteiger charge is -2.03. The zero-order chi connectivity index (χ0) is 10.7. The van der Waals surface area contributed by atoms with E-state index in [0.717, 1.165) is 9.92 Å². The van der Waals surface area contributed by atoms with Crippen molar-refractivity contribution < 1.29 is 0 Å². The third-order valence-corrected chi connectivity index (χ3v) is 2.84. The minimum atomic E-state index is 0.385. The summed E-state index contributed by atoms with van der Waals surface area (Å²) in [5.41, 5.74) is 11.7. The minimum absolute atomic E-state index is 0.385. The fraction of sp³-hybridized carbons (Fsp3) is 0. The lowest BCUT2D eigenvalue weighted by atomic mass is 10.4. The van der Waals surface area contributed by atoms with Crippen molar-refractivity contribution in [1.29, 1.82) is 0 Å². The minimum Gasteiger partial charge on any atom is -0.396 e. The first-order valence-electron chi connectivity index (χ1n) is 4.50. The zero-order valence-electron chi connectivity index (χ0n) is 8.05. The molecule has 0 spiro atoms. The molecule has 0 saturated carbocycles. The zero-order valence-corrected chi connectivity index (χ0v) is 8.87. The van der Waals surface area contributed by atoms with Crippen molar-refractivity contribution in [2.75, 3.05) is 11.5 Å². The molecule has 0 amide bonds. The van der Waals surface area contributed by atoms with Crippen LogP contribution in [0.4, 0.5) is 11.5 Å². The Morgan fingerprint density at radius 2 is 1.67 bits per heavy atom. The molecule has 2 rings (SSSR count). The quantitative estimate of drug-likeness (QED) is 0.810. The Labute approximate surface area is 92.5 Å². The molecule has 0 bridgehead atoms. The maximum atomic E-state index is 5.62. The van der Waals surface area contributed by atoms with Gasteiger partial charge in [0.05, 0.1) is 5.69 Å². The van der Waals surface area contributed by atoms with Crippen LogP contribution < -0.4 is 11.5 Å². The highest BCUT2D eigenvalue weighted by Gasteiger charge is 2.00. The Morgan fingerprint density at radius 3 is 2.33 bits per heavy atom. The molecule has 2 aromatic rings. The third-order valence-electron chi connectivity index (χ3n) is 1.90. The summed E-state index contributed by atoms with van der Waals surface area (Å²) in [5, 5.41) is 0.855. The topological polar surface area (TPSA) is 64.9 Å². The highest BCUT2D eigenvalue weighted by atomic mass is 32.2. The Kier molecular flexibility index (Phi) is 2.78. The second-order valence-electron chi connectivity index (χ2n) is 3.04. The summed E-state index contributed by atoms with van der Waals surface area (Å²) in [4.78, 5) is 5.32. The monoisotopic (exact) mass is 217 g/mol. The summed E-state index contributed by atoms with van der Waals surface area (Å²) < 4.78 is 0. The maximum Gasteiger partial charge on any atom is 0.147 e. The number of rotatable bonds is 2. The van der Waals surface area contributed by atoms with Gasteiger partial charge in [0.15, 0.2) is 0 Å². The molecule has 0 radical (unpaired) electrons. The van der Waals surface area contributed by atoms with Gasteiger partial charge in [-0.15, -0.1) is 0 Å². The molecule has 1 aromatic heterocycles. The molecule has 0 aliphatic carbocycles. The van der Waals surface area contributed by atoms with Crippen molar-refractivity contribution >= 4 is 23.3 Å². The molecule has 15 heavy (non-hydrogen) atoms. The Hall–Kier alpha value is -1.68. The summed E-state index contributed by atoms with van der Waals surface area (Å²) in [6.45, 7) is 0. The predicted molar refractivity (Wildman–Crippen MR) is 63.6 cm³/mol. The molecule has 0 saturated heterocycles. The molecular weight excluding hydrogens is 206 g/mol. The molecule has 4 N–H and O–H groups in total. The van der Waals surface area contributed by atoms with Gasteiger partial charge in [-0.25, -0.2) is 4.98 Å². The van der Waals surface area contributed by atoms with E-state index in [1.807, 2.05) is 36.4 Å². The molecule has 3 nitrogen and oxygen atoms in total. The lowest BCUT2D eigenvalue weighted by molar-refractivity contribution is 1.15. The summed E-state index contributed by atoms with van der Waals surface area (Å²) in [6, 6.07) is 13.6. The molecule has 1 aromatic carbocycles. The van der Waals surface area contributed by atoms with E-state index < -0.39 is 0 Å². The van der Waals surface area contributed by atoms with Crippen molar-refractivity contribution in [2.24, 2.45) is 0 Å². The summed E-state index contributed by atoms with van der Waals surface area (Å²) in [5.74, 6) is 0.385. The number of anilines is 2. The van der Waals surface area contributed by atoms with Crippen molar-refractivity contribution in [1.82, 2.24) is 4.98 Å². The fourth-order valence-electron chi connectivity index (χ4n) is 1.13. The third kappa shape index (κ3) is 2.41. The molecule has 1 heterocycles. The number of aromatic nitrogens is 1. The number of pyridine rings is 1. The number of nitrogens with zero attached hydrogens (tertiary/aromatic N) is 1. The first-order chi connectivity index (χ1) is 7.25. The normalized spacial score (nSPS) is 10.1. The second kappa shape index (κ2) is 4.23. The van der Waals surface area contributed by atoms with E-state index in [2.05, 4.69) is 4.98 Å². The molecule has 4 heteroatoms. The van der Waals surface area contributed by atoms with Crippen molar-refractivity contribution in [3.05, 3.63) is 42.5 Å². The van der Waals surface area contributed by atoms with Crippen LogP contribution in [0.2, 0.25) is 0 Å². The van der Waals surface area contributed by atoms with Gasteiger partial charge >= 0.3 is 0 Å². The van der Waals surface area contributed by atoms with E-state index in [1.165, 1.54) is 0 Å². The van der Waals surface area contributed by atoms with Crippen LogP contribution in [-0.4, -0.2) is 4.98 Å². The molecule has 0 atom stereocenters. The average Bonchev–Trinajstić information content (AvgIpc) is 2.25. The van der Waals surface area contributed by atoms with Gasteiger partial charge in [-0.2, -0.15) is 0 Å². The smallest absolute Gasteiger partial charge is 0.147 e. The number of benzene rings is 1. The summed E-state index contributed by atoms with van der Waals surface area (Å²) in [7, 11) is 0. The van der Waals surface area contributed by atoms with Crippen LogP contribution in [0.25, 0.3) is 0 Å². The largest absolute Gasteiger partial charge is 0.396 e. The van der Waals surface area contributed by atoms with E-state index in [-0.39, 0.29) is 0 Å². The van der Waals surface area contributed by atoms with Crippen LogP contribution in [0.5, 0.6) is 0 Å². The maximum absolute atomic E-state index is 5.62. The number of nitrogens with two attached hydrogens (primary N) is 2. The number of nitrogen functional groups attached to an aromatic ring is 2. The predicted octanol–water partition coefficient (Wildman–Crippen LogP) is 2.40. The molecule has 76 valence electrons. The lowest BCUT2D eigenvalue weighted by Crippen LogP contribution is -1.97. The van der Waals surface area contributed by atoms with Crippen molar-refractivity contribution in [3.8, 4) is 0 Å². The van der Waals surface area contributed by atoms with E-state index in [0.29, 0.717) is 11.5 Å². The van der Waals surface area contributed by atoms with E-state index >= 15 is 0 Å². The van der Waals surface area contributed by atoms with Crippen LogP contribution in [0.15, 0.2) is 52.4 Å². The standard InChI is InChI=1S/C11H11N3S/c12-9-6-7-10(14-11(9)13)15-8-4-2-1-3-5-8/h1-7H,12H2,(H2,13,14). The SMILES string of the molecule is Nc1ccc(Sc2ccccc2)nc1N. The molecule has 0 unspecified atom stereocenters. The number of hydrogen-bond donors (Lipinski definition) is 2. The van der Waals surface area contributed by atoms with E-state index in [9.17, 15) is 0 Å². The molecule has 0 fully saturated rings.